The molecule has 0 saturated carbocycles. The van der Waals surface area contributed by atoms with Crippen LogP contribution in [0.1, 0.15) is 24.6 Å². The molecule has 1 aromatic carbocycles. The van der Waals surface area contributed by atoms with Crippen LogP contribution in [0.2, 0.25) is 0 Å². The van der Waals surface area contributed by atoms with Crippen LogP contribution in [0, 0.1) is 0 Å². The Bertz CT molecular complexity index is 709. The third kappa shape index (κ3) is 3.22. The van der Waals surface area contributed by atoms with Gasteiger partial charge in [0, 0.05) is 4.47 Å². The molecule has 2 heterocycles. The molecule has 0 fully saturated rings. The zero-order valence-corrected chi connectivity index (χ0v) is 13.0. The maximum atomic E-state index is 5.67. The van der Waals surface area contributed by atoms with Crippen LogP contribution < -0.4 is 5.32 Å². The van der Waals surface area contributed by atoms with Crippen molar-refractivity contribution in [3.63, 3.8) is 0 Å². The first-order valence-electron chi connectivity index (χ1n) is 6.58. The molecule has 108 valence electrons. The lowest BCUT2D eigenvalue weighted by Gasteiger charge is -2.08. The molecule has 0 aliphatic rings. The number of furan rings is 1. The van der Waals surface area contributed by atoms with Crippen LogP contribution in [0.15, 0.2) is 56.0 Å². The number of hydrogen-bond donors (Lipinski definition) is 1. The average Bonchev–Trinajstić information content (AvgIpc) is 3.17. The molecule has 1 atom stereocenters. The second-order valence-corrected chi connectivity index (χ2v) is 5.45. The van der Waals surface area contributed by atoms with Crippen LogP contribution in [0.25, 0.3) is 11.5 Å². The fourth-order valence-corrected chi connectivity index (χ4v) is 2.40. The molecule has 3 rings (SSSR count). The summed E-state index contributed by atoms with van der Waals surface area (Å²) in [5.74, 6) is 1.92. The van der Waals surface area contributed by atoms with Gasteiger partial charge in [0.15, 0.2) is 0 Å². The zero-order chi connectivity index (χ0) is 14.7. The van der Waals surface area contributed by atoms with Gasteiger partial charge in [-0.1, -0.05) is 12.1 Å². The predicted molar refractivity (Wildman–Crippen MR) is 81.4 cm³/mol. The number of nitrogens with zero attached hydrogens (tertiary/aromatic N) is 2. The summed E-state index contributed by atoms with van der Waals surface area (Å²) in [5, 5.41) is 11.4. The molecular weight excluding hydrogens is 334 g/mol. The van der Waals surface area contributed by atoms with Gasteiger partial charge in [-0.25, -0.2) is 0 Å². The highest BCUT2D eigenvalue weighted by Crippen LogP contribution is 2.26. The monoisotopic (exact) mass is 347 g/mol. The van der Waals surface area contributed by atoms with Crippen molar-refractivity contribution in [3.8, 4) is 11.5 Å². The van der Waals surface area contributed by atoms with E-state index in [1.807, 2.05) is 43.3 Å². The first-order valence-corrected chi connectivity index (χ1v) is 7.37. The first-order chi connectivity index (χ1) is 10.2. The van der Waals surface area contributed by atoms with Gasteiger partial charge in [-0.3, -0.25) is 5.32 Å². The lowest BCUT2D eigenvalue weighted by molar-refractivity contribution is 0.403. The van der Waals surface area contributed by atoms with Gasteiger partial charge in [-0.2, -0.15) is 0 Å². The first kappa shape index (κ1) is 14.0. The van der Waals surface area contributed by atoms with Crippen molar-refractivity contribution in [3.05, 3.63) is 58.8 Å². The summed E-state index contributed by atoms with van der Waals surface area (Å²) in [7, 11) is 0. The molecular formula is C15H14BrN3O2. The number of hydrogen-bond acceptors (Lipinski definition) is 5. The van der Waals surface area contributed by atoms with E-state index >= 15 is 0 Å². The molecule has 3 aromatic rings. The maximum absolute atomic E-state index is 5.67. The highest BCUT2D eigenvalue weighted by molar-refractivity contribution is 9.10. The minimum atomic E-state index is 0.0822. The van der Waals surface area contributed by atoms with Crippen molar-refractivity contribution in [1.82, 2.24) is 15.5 Å². The van der Waals surface area contributed by atoms with E-state index in [4.69, 9.17) is 8.83 Å². The van der Waals surface area contributed by atoms with Crippen LogP contribution in [0.3, 0.4) is 0 Å². The normalized spacial score (nSPS) is 12.5. The lowest BCUT2D eigenvalue weighted by Crippen LogP contribution is -2.17. The van der Waals surface area contributed by atoms with Gasteiger partial charge >= 0.3 is 0 Å². The van der Waals surface area contributed by atoms with E-state index < -0.39 is 0 Å². The highest BCUT2D eigenvalue weighted by atomic mass is 79.9. The van der Waals surface area contributed by atoms with Crippen molar-refractivity contribution < 1.29 is 8.83 Å². The Hall–Kier alpha value is -1.92. The molecule has 1 N–H and O–H groups in total. The summed E-state index contributed by atoms with van der Waals surface area (Å²) in [6, 6.07) is 11.6. The van der Waals surface area contributed by atoms with E-state index in [9.17, 15) is 0 Å². The molecule has 6 heteroatoms. The van der Waals surface area contributed by atoms with Crippen LogP contribution in [-0.4, -0.2) is 10.2 Å². The number of nitrogens with one attached hydrogen (secondary N) is 1. The quantitative estimate of drug-likeness (QED) is 0.757. The summed E-state index contributed by atoms with van der Waals surface area (Å²) >= 11 is 3.47. The van der Waals surface area contributed by atoms with Gasteiger partial charge in [0.05, 0.1) is 24.4 Å². The van der Waals surface area contributed by atoms with Crippen molar-refractivity contribution in [1.29, 1.82) is 0 Å². The fourth-order valence-electron chi connectivity index (χ4n) is 1.95. The highest BCUT2D eigenvalue weighted by Gasteiger charge is 2.13. The molecule has 0 amide bonds. The van der Waals surface area contributed by atoms with Crippen LogP contribution in [0.4, 0.5) is 0 Å². The standard InChI is InChI=1S/C15H14BrN3O2/c1-10(13-7-4-8-20-13)17-9-14-18-19-15(21-14)11-5-2-3-6-12(11)16/h2-8,10,17H,9H2,1H3. The summed E-state index contributed by atoms with van der Waals surface area (Å²) < 4.78 is 11.9. The Morgan fingerprint density at radius 3 is 2.81 bits per heavy atom. The van der Waals surface area contributed by atoms with E-state index in [-0.39, 0.29) is 6.04 Å². The van der Waals surface area contributed by atoms with Gasteiger partial charge < -0.3 is 8.83 Å². The van der Waals surface area contributed by atoms with Crippen molar-refractivity contribution in [2.75, 3.05) is 0 Å². The molecule has 0 aliphatic carbocycles. The SMILES string of the molecule is CC(NCc1nnc(-c2ccccc2Br)o1)c1ccco1. The van der Waals surface area contributed by atoms with Gasteiger partial charge in [0.1, 0.15) is 5.76 Å². The molecule has 0 spiro atoms. The average molecular weight is 348 g/mol. The molecule has 2 aromatic heterocycles. The Kier molecular flexibility index (Phi) is 4.17. The Labute approximate surface area is 130 Å². The number of aromatic nitrogens is 2. The Balaban J connectivity index is 1.67. The zero-order valence-electron chi connectivity index (χ0n) is 11.4. The van der Waals surface area contributed by atoms with Gasteiger partial charge in [-0.15, -0.1) is 10.2 Å². The predicted octanol–water partition coefficient (Wildman–Crippen LogP) is 3.94. The van der Waals surface area contributed by atoms with Crippen molar-refractivity contribution >= 4 is 15.9 Å². The molecule has 0 aliphatic heterocycles. The number of halogens is 1. The molecule has 0 saturated heterocycles. The second kappa shape index (κ2) is 6.24. The van der Waals surface area contributed by atoms with Crippen molar-refractivity contribution in [2.24, 2.45) is 0 Å². The second-order valence-electron chi connectivity index (χ2n) is 4.60. The van der Waals surface area contributed by atoms with Crippen LogP contribution in [-0.2, 0) is 6.54 Å². The minimum absolute atomic E-state index is 0.0822. The van der Waals surface area contributed by atoms with Crippen molar-refractivity contribution in [2.45, 2.75) is 19.5 Å². The summed E-state index contributed by atoms with van der Waals surface area (Å²) in [4.78, 5) is 0. The smallest absolute Gasteiger partial charge is 0.248 e. The summed E-state index contributed by atoms with van der Waals surface area (Å²) in [6.45, 7) is 2.50. The van der Waals surface area contributed by atoms with Crippen LogP contribution in [0.5, 0.6) is 0 Å². The molecule has 0 bridgehead atoms. The van der Waals surface area contributed by atoms with Gasteiger partial charge in [0.25, 0.3) is 0 Å². The largest absolute Gasteiger partial charge is 0.468 e. The topological polar surface area (TPSA) is 64.1 Å². The molecule has 5 nitrogen and oxygen atoms in total. The Morgan fingerprint density at radius 2 is 2.05 bits per heavy atom. The minimum Gasteiger partial charge on any atom is -0.468 e. The third-order valence-corrected chi connectivity index (χ3v) is 3.79. The molecule has 1 unspecified atom stereocenters. The molecule has 21 heavy (non-hydrogen) atoms. The third-order valence-electron chi connectivity index (χ3n) is 3.10. The maximum Gasteiger partial charge on any atom is 0.248 e. The van der Waals surface area contributed by atoms with Gasteiger partial charge in [-0.05, 0) is 47.1 Å². The van der Waals surface area contributed by atoms with E-state index in [2.05, 4.69) is 31.4 Å². The fraction of sp³-hybridized carbons (Fsp3) is 0.200. The van der Waals surface area contributed by atoms with E-state index in [0.717, 1.165) is 15.8 Å². The van der Waals surface area contributed by atoms with Gasteiger partial charge in [0.2, 0.25) is 11.8 Å². The van der Waals surface area contributed by atoms with Crippen LogP contribution >= 0.6 is 15.9 Å². The molecule has 0 radical (unpaired) electrons. The Morgan fingerprint density at radius 1 is 1.19 bits per heavy atom. The van der Waals surface area contributed by atoms with E-state index in [0.29, 0.717) is 18.3 Å². The number of rotatable bonds is 5. The lowest BCUT2D eigenvalue weighted by atomic mass is 10.2. The summed E-state index contributed by atoms with van der Waals surface area (Å²) in [5.41, 5.74) is 0.885. The summed E-state index contributed by atoms with van der Waals surface area (Å²) in [6.07, 6.45) is 1.66. The van der Waals surface area contributed by atoms with E-state index in [1.165, 1.54) is 0 Å². The number of benzene rings is 1. The van der Waals surface area contributed by atoms with E-state index in [1.54, 1.807) is 6.26 Å².